The number of hydrogen-bond donors (Lipinski definition) is 2. The van der Waals surface area contributed by atoms with Crippen LogP contribution in [0, 0.1) is 11.8 Å². The summed E-state index contributed by atoms with van der Waals surface area (Å²) in [5.41, 5.74) is 0.661. The minimum absolute atomic E-state index is 0.0239. The first-order valence-corrected chi connectivity index (χ1v) is 7.67. The zero-order valence-corrected chi connectivity index (χ0v) is 12.6. The molecule has 0 saturated heterocycles. The Labute approximate surface area is 129 Å². The number of carbonyl (C=O) groups excluding carboxylic acids is 2. The molecule has 1 heterocycles. The number of nitrogens with one attached hydrogen (secondary N) is 2. The number of carbonyl (C=O) groups is 2. The fourth-order valence-electron chi connectivity index (χ4n) is 2.51. The average Bonchev–Trinajstić information content (AvgIpc) is 3.33. The molecular formula is C16H20N2O4. The van der Waals surface area contributed by atoms with Crippen molar-refractivity contribution in [1.82, 2.24) is 5.32 Å². The maximum absolute atomic E-state index is 12.2. The summed E-state index contributed by atoms with van der Waals surface area (Å²) in [6.45, 7) is 3.70. The van der Waals surface area contributed by atoms with E-state index in [9.17, 15) is 9.59 Å². The Kier molecular flexibility index (Phi) is 4.18. The molecular weight excluding hydrogens is 284 g/mol. The van der Waals surface area contributed by atoms with E-state index in [1.54, 1.807) is 18.2 Å². The van der Waals surface area contributed by atoms with Crippen molar-refractivity contribution in [2.24, 2.45) is 11.8 Å². The number of amides is 2. The van der Waals surface area contributed by atoms with Gasteiger partial charge < -0.3 is 20.1 Å². The van der Waals surface area contributed by atoms with E-state index in [2.05, 4.69) is 10.6 Å². The van der Waals surface area contributed by atoms with Gasteiger partial charge >= 0.3 is 0 Å². The zero-order chi connectivity index (χ0) is 15.5. The quantitative estimate of drug-likeness (QED) is 0.865. The number of benzene rings is 1. The van der Waals surface area contributed by atoms with Crippen molar-refractivity contribution in [1.29, 1.82) is 0 Å². The molecule has 1 aliphatic carbocycles. The first kappa shape index (κ1) is 14.7. The van der Waals surface area contributed by atoms with Gasteiger partial charge in [-0.05, 0) is 25.0 Å². The highest BCUT2D eigenvalue weighted by molar-refractivity contribution is 5.99. The minimum atomic E-state index is -0.231. The molecule has 0 radical (unpaired) electrons. The van der Waals surface area contributed by atoms with Crippen LogP contribution in [0.1, 0.15) is 19.8 Å². The third kappa shape index (κ3) is 3.16. The van der Waals surface area contributed by atoms with Gasteiger partial charge in [0.1, 0.15) is 13.2 Å². The Morgan fingerprint density at radius 1 is 1.14 bits per heavy atom. The topological polar surface area (TPSA) is 76.7 Å². The molecule has 1 fully saturated rings. The molecule has 2 aliphatic rings. The molecule has 1 aromatic carbocycles. The Balaban J connectivity index is 1.56. The van der Waals surface area contributed by atoms with Gasteiger partial charge in [0.15, 0.2) is 11.5 Å². The molecule has 0 spiro atoms. The number of ether oxygens (including phenoxy) is 2. The summed E-state index contributed by atoms with van der Waals surface area (Å²) < 4.78 is 10.9. The summed E-state index contributed by atoms with van der Waals surface area (Å²) in [5, 5.41) is 5.67. The van der Waals surface area contributed by atoms with Crippen LogP contribution in [0.3, 0.4) is 0 Å². The van der Waals surface area contributed by atoms with E-state index in [4.69, 9.17) is 9.47 Å². The van der Waals surface area contributed by atoms with E-state index in [1.165, 1.54) is 0 Å². The van der Waals surface area contributed by atoms with Gasteiger partial charge in [0.25, 0.3) is 0 Å². The Morgan fingerprint density at radius 3 is 2.64 bits per heavy atom. The van der Waals surface area contributed by atoms with E-state index in [1.807, 2.05) is 6.92 Å². The van der Waals surface area contributed by atoms with Gasteiger partial charge in [0.05, 0.1) is 11.8 Å². The lowest BCUT2D eigenvalue weighted by Gasteiger charge is -2.19. The summed E-state index contributed by atoms with van der Waals surface area (Å²) in [6, 6.07) is 5.31. The van der Waals surface area contributed by atoms with Gasteiger partial charge in [-0.25, -0.2) is 0 Å². The lowest BCUT2D eigenvalue weighted by molar-refractivity contribution is -0.125. The van der Waals surface area contributed by atoms with Crippen molar-refractivity contribution in [2.75, 3.05) is 25.1 Å². The third-order valence-corrected chi connectivity index (χ3v) is 3.82. The smallest absolute Gasteiger partial charge is 0.228 e. The van der Waals surface area contributed by atoms with E-state index in [0.717, 1.165) is 6.42 Å². The van der Waals surface area contributed by atoms with Crippen molar-refractivity contribution in [3.8, 4) is 11.5 Å². The van der Waals surface area contributed by atoms with Crippen LogP contribution in [0.25, 0.3) is 0 Å². The van der Waals surface area contributed by atoms with Gasteiger partial charge in [0, 0.05) is 18.3 Å². The SMILES string of the molecule is CCCNC(=O)C1CC1C(=O)Nc1ccc2c(c1)OCCO2. The summed E-state index contributed by atoms with van der Waals surface area (Å²) in [5.74, 6) is 0.760. The first-order chi connectivity index (χ1) is 10.7. The molecule has 0 aromatic heterocycles. The molecule has 2 amide bonds. The van der Waals surface area contributed by atoms with Crippen molar-refractivity contribution in [3.05, 3.63) is 18.2 Å². The molecule has 1 aliphatic heterocycles. The first-order valence-electron chi connectivity index (χ1n) is 7.67. The Bertz CT molecular complexity index is 588. The average molecular weight is 304 g/mol. The van der Waals surface area contributed by atoms with Crippen molar-refractivity contribution < 1.29 is 19.1 Å². The maximum Gasteiger partial charge on any atom is 0.228 e. The molecule has 118 valence electrons. The summed E-state index contributed by atoms with van der Waals surface area (Å²) in [6.07, 6.45) is 1.51. The van der Waals surface area contributed by atoms with E-state index in [0.29, 0.717) is 43.4 Å². The van der Waals surface area contributed by atoms with Crippen LogP contribution in [0.5, 0.6) is 11.5 Å². The fourth-order valence-corrected chi connectivity index (χ4v) is 2.51. The predicted octanol–water partition coefficient (Wildman–Crippen LogP) is 1.56. The van der Waals surface area contributed by atoms with Crippen molar-refractivity contribution >= 4 is 17.5 Å². The molecule has 1 aromatic rings. The van der Waals surface area contributed by atoms with Crippen LogP contribution >= 0.6 is 0 Å². The number of fused-ring (bicyclic) bond motifs is 1. The van der Waals surface area contributed by atoms with E-state index >= 15 is 0 Å². The van der Waals surface area contributed by atoms with E-state index < -0.39 is 0 Å². The molecule has 0 bridgehead atoms. The highest BCUT2D eigenvalue weighted by atomic mass is 16.6. The van der Waals surface area contributed by atoms with Gasteiger partial charge in [-0.2, -0.15) is 0 Å². The maximum atomic E-state index is 12.2. The molecule has 2 unspecified atom stereocenters. The van der Waals surface area contributed by atoms with Crippen LogP contribution < -0.4 is 20.1 Å². The van der Waals surface area contributed by atoms with E-state index in [-0.39, 0.29) is 23.7 Å². The monoisotopic (exact) mass is 304 g/mol. The second kappa shape index (κ2) is 6.25. The van der Waals surface area contributed by atoms with Crippen LogP contribution in [0.2, 0.25) is 0 Å². The minimum Gasteiger partial charge on any atom is -0.486 e. The van der Waals surface area contributed by atoms with Crippen LogP contribution in [0.4, 0.5) is 5.69 Å². The van der Waals surface area contributed by atoms with Gasteiger partial charge in [0.2, 0.25) is 11.8 Å². The van der Waals surface area contributed by atoms with Crippen LogP contribution in [-0.2, 0) is 9.59 Å². The van der Waals surface area contributed by atoms with Crippen LogP contribution in [-0.4, -0.2) is 31.6 Å². The molecule has 6 heteroatoms. The fraction of sp³-hybridized carbons (Fsp3) is 0.500. The number of anilines is 1. The Hall–Kier alpha value is -2.24. The van der Waals surface area contributed by atoms with Gasteiger partial charge in [-0.15, -0.1) is 0 Å². The summed E-state index contributed by atoms with van der Waals surface area (Å²) in [4.78, 5) is 24.0. The largest absolute Gasteiger partial charge is 0.486 e. The highest BCUT2D eigenvalue weighted by Crippen LogP contribution is 2.40. The van der Waals surface area contributed by atoms with Gasteiger partial charge in [-0.3, -0.25) is 9.59 Å². The van der Waals surface area contributed by atoms with Crippen molar-refractivity contribution in [3.63, 3.8) is 0 Å². The molecule has 2 N–H and O–H groups in total. The summed E-state index contributed by atoms with van der Waals surface area (Å²) in [7, 11) is 0. The number of rotatable bonds is 5. The second-order valence-electron chi connectivity index (χ2n) is 5.59. The Morgan fingerprint density at radius 2 is 1.86 bits per heavy atom. The lowest BCUT2D eigenvalue weighted by atomic mass is 10.2. The number of hydrogen-bond acceptors (Lipinski definition) is 4. The molecule has 2 atom stereocenters. The normalized spacial score (nSPS) is 21.9. The van der Waals surface area contributed by atoms with Crippen molar-refractivity contribution in [2.45, 2.75) is 19.8 Å². The molecule has 3 rings (SSSR count). The predicted molar refractivity (Wildman–Crippen MR) is 81.0 cm³/mol. The summed E-state index contributed by atoms with van der Waals surface area (Å²) >= 11 is 0. The zero-order valence-electron chi connectivity index (χ0n) is 12.6. The molecule has 22 heavy (non-hydrogen) atoms. The molecule has 6 nitrogen and oxygen atoms in total. The third-order valence-electron chi connectivity index (χ3n) is 3.82. The van der Waals surface area contributed by atoms with Crippen LogP contribution in [0.15, 0.2) is 18.2 Å². The highest BCUT2D eigenvalue weighted by Gasteiger charge is 2.47. The second-order valence-corrected chi connectivity index (χ2v) is 5.59. The van der Waals surface area contributed by atoms with Gasteiger partial charge in [-0.1, -0.05) is 6.92 Å². The lowest BCUT2D eigenvalue weighted by Crippen LogP contribution is -2.28. The standard InChI is InChI=1S/C16H20N2O4/c1-2-5-17-15(19)11-9-12(11)16(20)18-10-3-4-13-14(8-10)22-7-6-21-13/h3-4,8,11-12H,2,5-7,9H2,1H3,(H,17,19)(H,18,20). The molecule has 1 saturated carbocycles.